The Labute approximate surface area is 298 Å². The third-order valence-electron chi connectivity index (χ3n) is 7.87. The minimum atomic E-state index is -6.38. The summed E-state index contributed by atoms with van der Waals surface area (Å²) in [4.78, 5) is 49.0. The van der Waals surface area contributed by atoms with Gasteiger partial charge in [-0.1, -0.05) is 17.7 Å². The number of nitrogens with zero attached hydrogens (tertiary/aromatic N) is 5. The van der Waals surface area contributed by atoms with E-state index in [1.54, 1.807) is 0 Å². The molecule has 53 heavy (non-hydrogen) atoms. The quantitative estimate of drug-likeness (QED) is 0.101. The first kappa shape index (κ1) is 40.6. The van der Waals surface area contributed by atoms with Gasteiger partial charge in [0.1, 0.15) is 30.0 Å². The Morgan fingerprint density at radius 1 is 1.06 bits per heavy atom. The summed E-state index contributed by atoms with van der Waals surface area (Å²) >= 11 is 6.31. The summed E-state index contributed by atoms with van der Waals surface area (Å²) in [5.41, 5.74) is -6.28. The number of H-pyrrole nitrogens is 1. The van der Waals surface area contributed by atoms with Gasteiger partial charge in [0.05, 0.1) is 16.7 Å². The molecule has 2 heterocycles. The summed E-state index contributed by atoms with van der Waals surface area (Å²) in [5.74, 6) is -10.00. The van der Waals surface area contributed by atoms with Gasteiger partial charge in [-0.15, -0.1) is 0 Å². The molecule has 1 fully saturated rings. The number of ether oxygens (including phenoxy) is 3. The molecular weight excluding hydrogens is 760 g/mol. The SMILES string of the molecule is CN1CC(c2ccc(Cl)c(C(=O)N(COC(=O)OCCOC(=O)CCCC(=O)O)C3(C#N)CC3)c2)=CN1c1n[nH]c(C(F)(F)C(F)(F)F)c1C(F)(F)F. The molecule has 0 atom stereocenters. The second kappa shape index (κ2) is 15.4. The van der Waals surface area contributed by atoms with E-state index in [1.807, 2.05) is 6.07 Å². The molecule has 23 heteroatoms. The molecular formula is C30H27ClF8N6O8. The number of hydrogen-bond acceptors (Lipinski definition) is 11. The number of nitriles is 1. The van der Waals surface area contributed by atoms with Crippen LogP contribution in [0.25, 0.3) is 5.57 Å². The molecule has 1 aliphatic heterocycles. The van der Waals surface area contributed by atoms with Crippen LogP contribution in [0.5, 0.6) is 0 Å². The summed E-state index contributed by atoms with van der Waals surface area (Å²) in [5, 5.41) is 24.2. The van der Waals surface area contributed by atoms with E-state index in [9.17, 15) is 59.6 Å². The number of amides is 1. The number of hydrazine groups is 1. The van der Waals surface area contributed by atoms with E-state index in [1.165, 1.54) is 30.3 Å². The molecule has 4 rings (SSSR count). The van der Waals surface area contributed by atoms with Crippen LogP contribution < -0.4 is 5.01 Å². The molecule has 2 aromatic rings. The first-order valence-electron chi connectivity index (χ1n) is 15.1. The monoisotopic (exact) mass is 786 g/mol. The first-order chi connectivity index (χ1) is 24.6. The molecule has 0 unspecified atom stereocenters. The Bertz CT molecular complexity index is 1820. The molecule has 1 aliphatic carbocycles. The number of carbonyl (C=O) groups is 4. The average molecular weight is 787 g/mol. The number of aliphatic carboxylic acids is 1. The lowest BCUT2D eigenvalue weighted by Gasteiger charge is -2.27. The maximum Gasteiger partial charge on any atom is 0.510 e. The van der Waals surface area contributed by atoms with E-state index in [2.05, 4.69) is 5.10 Å². The van der Waals surface area contributed by atoms with Gasteiger partial charge in [-0.25, -0.2) is 9.80 Å². The van der Waals surface area contributed by atoms with Crippen molar-refractivity contribution < 1.29 is 73.6 Å². The Balaban J connectivity index is 1.51. The van der Waals surface area contributed by atoms with Gasteiger partial charge in [0.15, 0.2) is 12.5 Å². The van der Waals surface area contributed by atoms with Crippen LogP contribution in [0.1, 0.15) is 59.3 Å². The van der Waals surface area contributed by atoms with Crippen molar-refractivity contribution in [3.05, 3.63) is 51.8 Å². The van der Waals surface area contributed by atoms with Gasteiger partial charge in [-0.05, 0) is 42.5 Å². The van der Waals surface area contributed by atoms with E-state index in [4.69, 9.17) is 30.9 Å². The highest BCUT2D eigenvalue weighted by molar-refractivity contribution is 6.34. The highest BCUT2D eigenvalue weighted by Gasteiger charge is 2.63. The number of anilines is 1. The molecule has 288 valence electrons. The molecule has 1 aromatic heterocycles. The number of likely N-dealkylation sites (N-methyl/N-ethyl adjacent to an activating group) is 1. The number of esters is 1. The standard InChI is InChI=1S/C30H27ClF8N6O8/c1-43-12-17(13-45(43)24-22(29(34,35)36)23(41-42-24)28(32,33)30(37,38)39)16-5-6-19(31)18(11-16)25(49)44(27(14-40)7-8-27)15-53-26(50)52-10-9-51-21(48)4-2-3-20(46)47/h5-6,11,13H,2-4,7-10,12,15H2,1H3,(H,41,42)(H,46,47). The van der Waals surface area contributed by atoms with Gasteiger partial charge in [0.2, 0.25) is 0 Å². The predicted molar refractivity (Wildman–Crippen MR) is 162 cm³/mol. The number of carboxylic acids is 1. The zero-order valence-corrected chi connectivity index (χ0v) is 27.9. The third-order valence-corrected chi connectivity index (χ3v) is 8.20. The molecule has 1 amide bonds. The van der Waals surface area contributed by atoms with E-state index in [0.29, 0.717) is 5.01 Å². The van der Waals surface area contributed by atoms with Crippen LogP contribution in [0.3, 0.4) is 0 Å². The first-order valence-corrected chi connectivity index (χ1v) is 15.5. The van der Waals surface area contributed by atoms with Crippen LogP contribution in [0.2, 0.25) is 5.02 Å². The Morgan fingerprint density at radius 2 is 1.72 bits per heavy atom. The van der Waals surface area contributed by atoms with Crippen LogP contribution in [-0.4, -0.2) is 94.5 Å². The van der Waals surface area contributed by atoms with Crippen LogP contribution >= 0.6 is 11.6 Å². The van der Waals surface area contributed by atoms with Crippen LogP contribution in [-0.2, 0) is 35.9 Å². The number of aromatic amines is 1. The molecule has 0 radical (unpaired) electrons. The molecule has 1 aromatic carbocycles. The Hall–Kier alpha value is -5.17. The summed E-state index contributed by atoms with van der Waals surface area (Å²) < 4.78 is 124. The fourth-order valence-electron chi connectivity index (χ4n) is 5.00. The zero-order valence-electron chi connectivity index (χ0n) is 27.1. The molecule has 0 spiro atoms. The minimum Gasteiger partial charge on any atom is -0.481 e. The lowest BCUT2D eigenvalue weighted by atomic mass is 10.0. The van der Waals surface area contributed by atoms with Crippen molar-refractivity contribution in [3.8, 4) is 6.07 Å². The lowest BCUT2D eigenvalue weighted by molar-refractivity contribution is -0.292. The maximum absolute atomic E-state index is 14.1. The van der Waals surface area contributed by atoms with Gasteiger partial charge in [0, 0.05) is 32.6 Å². The number of benzene rings is 1. The Kier molecular flexibility index (Phi) is 11.8. The maximum atomic E-state index is 14.1. The molecule has 2 N–H and O–H groups in total. The number of halogens is 9. The van der Waals surface area contributed by atoms with Gasteiger partial charge < -0.3 is 19.3 Å². The van der Waals surface area contributed by atoms with Crippen molar-refractivity contribution in [2.45, 2.75) is 55.9 Å². The fraction of sp³-hybridized carbons (Fsp3) is 0.467. The molecule has 14 nitrogen and oxygen atoms in total. The van der Waals surface area contributed by atoms with Crippen LogP contribution in [0, 0.1) is 11.3 Å². The molecule has 2 aliphatic rings. The van der Waals surface area contributed by atoms with Crippen molar-refractivity contribution in [3.63, 3.8) is 0 Å². The molecule has 0 saturated heterocycles. The highest BCUT2D eigenvalue weighted by Crippen LogP contribution is 2.50. The van der Waals surface area contributed by atoms with Crippen molar-refractivity contribution in [2.75, 3.05) is 38.5 Å². The van der Waals surface area contributed by atoms with Crippen molar-refractivity contribution in [2.24, 2.45) is 0 Å². The number of alkyl halides is 8. The normalized spacial score (nSPS) is 15.7. The summed E-state index contributed by atoms with van der Waals surface area (Å²) in [6.45, 7) is -1.94. The van der Waals surface area contributed by atoms with Crippen molar-refractivity contribution >= 4 is 47.0 Å². The van der Waals surface area contributed by atoms with Crippen molar-refractivity contribution in [1.82, 2.24) is 20.1 Å². The van der Waals surface area contributed by atoms with Gasteiger partial charge in [-0.2, -0.15) is 45.5 Å². The topological polar surface area (TPSA) is 178 Å². The minimum absolute atomic E-state index is 0.0360. The number of carboxylic acid groups (broad SMARTS) is 1. The van der Waals surface area contributed by atoms with Crippen LogP contribution in [0.15, 0.2) is 24.4 Å². The Morgan fingerprint density at radius 3 is 2.30 bits per heavy atom. The van der Waals surface area contributed by atoms with Crippen LogP contribution in [0.4, 0.5) is 45.7 Å². The second-order valence-electron chi connectivity index (χ2n) is 11.6. The van der Waals surface area contributed by atoms with Gasteiger partial charge >= 0.3 is 36.4 Å². The smallest absolute Gasteiger partial charge is 0.481 e. The number of aromatic nitrogens is 2. The summed E-state index contributed by atoms with van der Waals surface area (Å²) in [6, 6.07) is 5.72. The largest absolute Gasteiger partial charge is 0.510 e. The third kappa shape index (κ3) is 9.08. The number of nitrogens with one attached hydrogen (secondary N) is 1. The van der Waals surface area contributed by atoms with E-state index in [-0.39, 0.29) is 60.4 Å². The number of rotatable bonds is 14. The van der Waals surface area contributed by atoms with E-state index >= 15 is 0 Å². The zero-order chi connectivity index (χ0) is 39.5. The van der Waals surface area contributed by atoms with Crippen molar-refractivity contribution in [1.29, 1.82) is 5.26 Å². The lowest BCUT2D eigenvalue weighted by Crippen LogP contribution is -2.43. The van der Waals surface area contributed by atoms with Gasteiger partial charge in [0.25, 0.3) is 5.91 Å². The van der Waals surface area contributed by atoms with Gasteiger partial charge in [-0.3, -0.25) is 29.4 Å². The molecule has 0 bridgehead atoms. The summed E-state index contributed by atoms with van der Waals surface area (Å²) in [6.07, 6.45) is -12.5. The highest BCUT2D eigenvalue weighted by atomic mass is 35.5. The molecule has 1 saturated carbocycles. The fourth-order valence-corrected chi connectivity index (χ4v) is 5.20. The predicted octanol–water partition coefficient (Wildman–Crippen LogP) is 5.85. The van der Waals surface area contributed by atoms with E-state index < -0.39 is 84.8 Å². The second-order valence-corrected chi connectivity index (χ2v) is 12.0. The average Bonchev–Trinajstić information content (AvgIpc) is 3.53. The number of hydrogen-bond donors (Lipinski definition) is 2. The van der Waals surface area contributed by atoms with E-state index in [0.717, 1.165) is 16.1 Å². The number of carbonyl (C=O) groups excluding carboxylic acids is 3. The summed E-state index contributed by atoms with van der Waals surface area (Å²) in [7, 11) is 1.19.